The van der Waals surface area contributed by atoms with E-state index in [2.05, 4.69) is 16.2 Å². The van der Waals surface area contributed by atoms with Crippen LogP contribution in [-0.2, 0) is 7.05 Å². The third kappa shape index (κ3) is 3.19. The number of nitriles is 1. The van der Waals surface area contributed by atoms with Crippen molar-refractivity contribution >= 4 is 11.0 Å². The summed E-state index contributed by atoms with van der Waals surface area (Å²) in [5.41, 5.74) is 4.94. The molecule has 0 aliphatic carbocycles. The van der Waals surface area contributed by atoms with Crippen molar-refractivity contribution < 1.29 is 8.78 Å². The molecule has 0 spiro atoms. The van der Waals surface area contributed by atoms with Crippen molar-refractivity contribution in [3.05, 3.63) is 90.4 Å². The van der Waals surface area contributed by atoms with E-state index < -0.39 is 0 Å². The van der Waals surface area contributed by atoms with Crippen molar-refractivity contribution in [1.82, 2.24) is 19.7 Å². The summed E-state index contributed by atoms with van der Waals surface area (Å²) in [6.07, 6.45) is 3.33. The Labute approximate surface area is 182 Å². The normalized spacial score (nSPS) is 10.9. The summed E-state index contributed by atoms with van der Waals surface area (Å²) < 4.78 is 29.0. The van der Waals surface area contributed by atoms with Gasteiger partial charge in [-0.1, -0.05) is 12.1 Å². The average Bonchev–Trinajstić information content (AvgIpc) is 3.15. The minimum absolute atomic E-state index is 0.218. The number of hydrogen-bond donors (Lipinski definition) is 0. The molecule has 0 amide bonds. The van der Waals surface area contributed by atoms with Gasteiger partial charge in [0.1, 0.15) is 17.7 Å². The molecule has 154 valence electrons. The first-order valence-corrected chi connectivity index (χ1v) is 9.80. The predicted molar refractivity (Wildman–Crippen MR) is 117 cm³/mol. The molecular formula is C25H15F2N5. The van der Waals surface area contributed by atoms with Crippen molar-refractivity contribution in [2.45, 2.75) is 0 Å². The zero-order valence-corrected chi connectivity index (χ0v) is 16.9. The Kier molecular flexibility index (Phi) is 4.68. The molecule has 2 aromatic carbocycles. The first kappa shape index (κ1) is 19.5. The minimum atomic E-state index is -0.366. The molecule has 5 nitrogen and oxygen atoms in total. The van der Waals surface area contributed by atoms with Crippen LogP contribution >= 0.6 is 0 Å². The Balaban J connectivity index is 2.00. The number of nitrogens with zero attached hydrogens (tertiary/aromatic N) is 5. The van der Waals surface area contributed by atoms with Crippen LogP contribution in [0, 0.1) is 23.0 Å². The number of benzene rings is 2. The first-order valence-electron chi connectivity index (χ1n) is 9.80. The maximum atomic E-state index is 13.7. The molecule has 0 saturated heterocycles. The summed E-state index contributed by atoms with van der Waals surface area (Å²) in [5, 5.41) is 14.7. The number of fused-ring (bicyclic) bond motifs is 1. The summed E-state index contributed by atoms with van der Waals surface area (Å²) in [4.78, 5) is 8.97. The molecule has 3 aromatic heterocycles. The SMILES string of the molecule is Cn1nc(C#N)c2c(-c3ccc(F)cc3)c(-c3ccncc3)c(-c3ccc(F)cc3)nc21. The van der Waals surface area contributed by atoms with Gasteiger partial charge >= 0.3 is 0 Å². The lowest BCUT2D eigenvalue weighted by atomic mass is 9.89. The second kappa shape index (κ2) is 7.67. The summed E-state index contributed by atoms with van der Waals surface area (Å²) >= 11 is 0. The van der Waals surface area contributed by atoms with Crippen LogP contribution in [0.5, 0.6) is 0 Å². The van der Waals surface area contributed by atoms with Gasteiger partial charge in [-0.2, -0.15) is 10.4 Å². The third-order valence-corrected chi connectivity index (χ3v) is 5.30. The van der Waals surface area contributed by atoms with Gasteiger partial charge < -0.3 is 0 Å². The Bertz CT molecular complexity index is 1480. The number of rotatable bonds is 3. The van der Waals surface area contributed by atoms with E-state index in [0.717, 1.165) is 11.1 Å². The van der Waals surface area contributed by atoms with Crippen LogP contribution in [-0.4, -0.2) is 19.7 Å². The molecule has 3 heterocycles. The van der Waals surface area contributed by atoms with E-state index >= 15 is 0 Å². The second-order valence-electron chi connectivity index (χ2n) is 7.24. The largest absolute Gasteiger partial charge is 0.265 e. The Morgan fingerprint density at radius 3 is 1.94 bits per heavy atom. The van der Waals surface area contributed by atoms with Gasteiger partial charge in [-0.05, 0) is 59.7 Å². The Hall–Kier alpha value is -4.44. The number of hydrogen-bond acceptors (Lipinski definition) is 4. The van der Waals surface area contributed by atoms with Crippen molar-refractivity contribution in [3.8, 4) is 39.6 Å². The van der Waals surface area contributed by atoms with Crippen molar-refractivity contribution in [1.29, 1.82) is 5.26 Å². The highest BCUT2D eigenvalue weighted by molar-refractivity contribution is 6.08. The van der Waals surface area contributed by atoms with Crippen LogP contribution in [0.25, 0.3) is 44.5 Å². The van der Waals surface area contributed by atoms with Gasteiger partial charge in [0.25, 0.3) is 0 Å². The molecule has 5 aromatic rings. The van der Waals surface area contributed by atoms with E-state index in [1.807, 2.05) is 12.1 Å². The molecule has 0 atom stereocenters. The van der Waals surface area contributed by atoms with Gasteiger partial charge in [-0.15, -0.1) is 0 Å². The van der Waals surface area contributed by atoms with Gasteiger partial charge in [-0.25, -0.2) is 18.4 Å². The standard InChI is InChI=1S/C25H15F2N5/c1-32-25-23(20(14-28)31-32)21(15-2-6-18(26)7-3-15)22(16-10-12-29-13-11-16)24(30-25)17-4-8-19(27)9-5-17/h2-13H,1H3. The zero-order chi connectivity index (χ0) is 22.2. The lowest BCUT2D eigenvalue weighted by molar-refractivity contribution is 0.627. The quantitative estimate of drug-likeness (QED) is 0.384. The molecule has 0 aliphatic rings. The summed E-state index contributed by atoms with van der Waals surface area (Å²) in [6.45, 7) is 0. The molecule has 0 N–H and O–H groups in total. The fourth-order valence-electron chi connectivity index (χ4n) is 3.88. The molecule has 7 heteroatoms. The predicted octanol–water partition coefficient (Wildman–Crippen LogP) is 5.51. The van der Waals surface area contributed by atoms with Crippen molar-refractivity contribution in [3.63, 3.8) is 0 Å². The van der Waals surface area contributed by atoms with E-state index in [4.69, 9.17) is 4.98 Å². The van der Waals surface area contributed by atoms with Gasteiger partial charge in [0.05, 0.1) is 11.1 Å². The molecule has 0 radical (unpaired) electrons. The van der Waals surface area contributed by atoms with Crippen LogP contribution in [0.2, 0.25) is 0 Å². The molecule has 0 aliphatic heterocycles. The first-order chi connectivity index (χ1) is 15.6. The van der Waals surface area contributed by atoms with E-state index in [9.17, 15) is 14.0 Å². The number of aryl methyl sites for hydroxylation is 1. The third-order valence-electron chi connectivity index (χ3n) is 5.30. The summed E-state index contributed by atoms with van der Waals surface area (Å²) in [7, 11) is 1.71. The molecule has 0 unspecified atom stereocenters. The van der Waals surface area contributed by atoms with Crippen LogP contribution in [0.3, 0.4) is 0 Å². The number of pyridine rings is 2. The fraction of sp³-hybridized carbons (Fsp3) is 0.0400. The van der Waals surface area contributed by atoms with Gasteiger partial charge in [0.2, 0.25) is 0 Å². The second-order valence-corrected chi connectivity index (χ2v) is 7.24. The zero-order valence-electron chi connectivity index (χ0n) is 16.9. The van der Waals surface area contributed by atoms with Crippen molar-refractivity contribution in [2.24, 2.45) is 7.05 Å². The molecule has 0 saturated carbocycles. The average molecular weight is 423 g/mol. The van der Waals surface area contributed by atoms with Crippen LogP contribution in [0.15, 0.2) is 73.1 Å². The molecule has 0 fully saturated rings. The number of halogens is 2. The van der Waals surface area contributed by atoms with E-state index in [1.165, 1.54) is 24.3 Å². The molecule has 0 bridgehead atoms. The van der Waals surface area contributed by atoms with E-state index in [1.54, 1.807) is 48.4 Å². The highest BCUT2D eigenvalue weighted by Gasteiger charge is 2.24. The Morgan fingerprint density at radius 1 is 0.781 bits per heavy atom. The highest BCUT2D eigenvalue weighted by atomic mass is 19.1. The minimum Gasteiger partial charge on any atom is -0.265 e. The van der Waals surface area contributed by atoms with Gasteiger partial charge in [0.15, 0.2) is 11.3 Å². The Morgan fingerprint density at radius 2 is 1.34 bits per heavy atom. The van der Waals surface area contributed by atoms with Crippen molar-refractivity contribution in [2.75, 3.05) is 0 Å². The smallest absolute Gasteiger partial charge is 0.172 e. The lowest BCUT2D eigenvalue weighted by Gasteiger charge is -2.17. The molecule has 32 heavy (non-hydrogen) atoms. The summed E-state index contributed by atoms with van der Waals surface area (Å²) in [6, 6.07) is 18.0. The van der Waals surface area contributed by atoms with Gasteiger partial charge in [0, 0.05) is 36.1 Å². The topological polar surface area (TPSA) is 67.4 Å². The van der Waals surface area contributed by atoms with Crippen LogP contribution in [0.4, 0.5) is 8.78 Å². The van der Waals surface area contributed by atoms with Crippen LogP contribution in [0.1, 0.15) is 5.69 Å². The maximum Gasteiger partial charge on any atom is 0.172 e. The fourth-order valence-corrected chi connectivity index (χ4v) is 3.88. The monoisotopic (exact) mass is 423 g/mol. The highest BCUT2D eigenvalue weighted by Crippen LogP contribution is 2.43. The number of aromatic nitrogens is 4. The molecular weight excluding hydrogens is 408 g/mol. The van der Waals surface area contributed by atoms with Crippen LogP contribution < -0.4 is 0 Å². The molecule has 5 rings (SSSR count). The maximum absolute atomic E-state index is 13.7. The van der Waals surface area contributed by atoms with E-state index in [0.29, 0.717) is 33.4 Å². The van der Waals surface area contributed by atoms with Gasteiger partial charge in [-0.3, -0.25) is 4.98 Å². The van der Waals surface area contributed by atoms with E-state index in [-0.39, 0.29) is 17.3 Å². The lowest BCUT2D eigenvalue weighted by Crippen LogP contribution is -1.99. The summed E-state index contributed by atoms with van der Waals surface area (Å²) in [5.74, 6) is -0.721.